The Balaban J connectivity index is 4.52. The molecule has 3 amide bonds. The second-order valence-electron chi connectivity index (χ2n) is 9.19. The Morgan fingerprint density at radius 2 is 1.27 bits per heavy atom. The van der Waals surface area contributed by atoms with Crippen molar-refractivity contribution in [3.63, 3.8) is 0 Å². The average Bonchev–Trinajstić information content (AvgIpc) is 2.89. The highest BCUT2D eigenvalue weighted by Crippen LogP contribution is 2.07. The van der Waals surface area contributed by atoms with Crippen LogP contribution in [-0.2, 0) is 33.6 Å². The summed E-state index contributed by atoms with van der Waals surface area (Å²) in [7, 11) is 0. The van der Waals surface area contributed by atoms with Crippen molar-refractivity contribution in [2.75, 3.05) is 39.3 Å². The monoisotopic (exact) mass is 573 g/mol. The van der Waals surface area contributed by atoms with Gasteiger partial charge in [0.25, 0.3) is 0 Å². The van der Waals surface area contributed by atoms with Gasteiger partial charge in [0, 0.05) is 0 Å². The molecule has 0 fully saturated rings. The Kier molecular flexibility index (Phi) is 19.0. The highest BCUT2D eigenvalue weighted by atomic mass is 16.2. The SMILES string of the molecule is CC(C)C[C@H](NC(=O)[C@@H](N)CCCNC(N)N)C(=O)C(=O)CNC(=O)CNNCC(=O)C(=O)CNC(=O)CNN. The molecule has 15 N–H and O–H groups in total. The van der Waals surface area contributed by atoms with Gasteiger partial charge < -0.3 is 33.2 Å². The summed E-state index contributed by atoms with van der Waals surface area (Å²) in [5.41, 5.74) is 23.5. The van der Waals surface area contributed by atoms with E-state index < -0.39 is 85.4 Å². The Bertz CT molecular complexity index is 883. The van der Waals surface area contributed by atoms with Gasteiger partial charge >= 0.3 is 0 Å². The molecule has 0 saturated heterocycles. The molecule has 2 atom stereocenters. The molecule has 0 aliphatic heterocycles. The third kappa shape index (κ3) is 17.4. The molecular weight excluding hydrogens is 530 g/mol. The van der Waals surface area contributed by atoms with Gasteiger partial charge in [0.2, 0.25) is 40.9 Å². The molecule has 0 unspecified atom stereocenters. The zero-order chi connectivity index (χ0) is 30.7. The number of carbonyl (C=O) groups is 7. The highest BCUT2D eigenvalue weighted by Gasteiger charge is 2.29. The van der Waals surface area contributed by atoms with Crippen LogP contribution in [0, 0.1) is 5.92 Å². The number of hydrogen-bond donors (Lipinski definition) is 11. The lowest BCUT2D eigenvalue weighted by Crippen LogP contribution is -2.52. The first-order chi connectivity index (χ1) is 18.8. The van der Waals surface area contributed by atoms with Crippen LogP contribution in [-0.4, -0.2) is 98.5 Å². The fraction of sp³-hybridized carbons (Fsp3) is 0.682. The zero-order valence-electron chi connectivity index (χ0n) is 22.8. The molecule has 0 saturated carbocycles. The fourth-order valence-electron chi connectivity index (χ4n) is 3.04. The number of carbonyl (C=O) groups excluding carboxylic acids is 7. The minimum atomic E-state index is -1.11. The first-order valence-electron chi connectivity index (χ1n) is 12.6. The number of ketones is 4. The van der Waals surface area contributed by atoms with Crippen LogP contribution in [0.3, 0.4) is 0 Å². The third-order valence-corrected chi connectivity index (χ3v) is 5.11. The van der Waals surface area contributed by atoms with Crippen LogP contribution >= 0.6 is 0 Å². The van der Waals surface area contributed by atoms with E-state index in [-0.39, 0.29) is 18.9 Å². The lowest BCUT2D eigenvalue weighted by molar-refractivity contribution is -0.139. The predicted octanol–water partition coefficient (Wildman–Crippen LogP) is -6.52. The standard InChI is InChI=1S/C22H43N11O7/c1-12(2)6-14(33-21(40)13(23)4-3-5-27-22(24)25)20(39)17(36)8-29-19(38)11-32-31-9-16(35)15(34)7-28-18(37)10-30-26/h12-14,22,27,30-32H,3-11,23-26H2,1-2H3,(H,28,37)(H,29,38)(H,33,40)/t13-,14-/m0/s1. The molecule has 40 heavy (non-hydrogen) atoms. The molecule has 0 bridgehead atoms. The van der Waals surface area contributed by atoms with Crippen LogP contribution in [0.2, 0.25) is 0 Å². The minimum absolute atomic E-state index is 0.0350. The van der Waals surface area contributed by atoms with Gasteiger partial charge in [-0.1, -0.05) is 13.8 Å². The van der Waals surface area contributed by atoms with Crippen molar-refractivity contribution in [1.82, 2.24) is 37.5 Å². The summed E-state index contributed by atoms with van der Waals surface area (Å²) in [4.78, 5) is 84.1. The van der Waals surface area contributed by atoms with Crippen LogP contribution in [0.4, 0.5) is 0 Å². The predicted molar refractivity (Wildman–Crippen MR) is 143 cm³/mol. The number of amides is 3. The van der Waals surface area contributed by atoms with Gasteiger partial charge in [0.05, 0.1) is 44.8 Å². The van der Waals surface area contributed by atoms with Gasteiger partial charge in [-0.05, 0) is 31.7 Å². The first kappa shape index (κ1) is 36.8. The van der Waals surface area contributed by atoms with E-state index in [1.807, 2.05) is 13.8 Å². The summed E-state index contributed by atoms with van der Waals surface area (Å²) in [5, 5.41) is 9.75. The molecule has 0 aliphatic rings. The molecule has 0 radical (unpaired) electrons. The molecule has 0 aromatic carbocycles. The summed E-state index contributed by atoms with van der Waals surface area (Å²) >= 11 is 0. The molecule has 18 nitrogen and oxygen atoms in total. The number of Topliss-reactive ketones (excluding diaryl/α,β-unsaturated/α-hetero) is 4. The average molecular weight is 574 g/mol. The largest absolute Gasteiger partial charge is 0.347 e. The zero-order valence-corrected chi connectivity index (χ0v) is 22.8. The molecule has 0 spiro atoms. The molecule has 0 heterocycles. The van der Waals surface area contributed by atoms with Crippen molar-refractivity contribution in [3.8, 4) is 0 Å². The summed E-state index contributed by atoms with van der Waals surface area (Å²) in [6.07, 6.45) is 0.295. The van der Waals surface area contributed by atoms with Crippen molar-refractivity contribution >= 4 is 40.9 Å². The Morgan fingerprint density at radius 3 is 1.85 bits per heavy atom. The second-order valence-corrected chi connectivity index (χ2v) is 9.19. The summed E-state index contributed by atoms with van der Waals surface area (Å²) in [6, 6.07) is -2.03. The van der Waals surface area contributed by atoms with E-state index in [0.29, 0.717) is 19.4 Å². The van der Waals surface area contributed by atoms with Crippen LogP contribution in [0.25, 0.3) is 0 Å². The summed E-state index contributed by atoms with van der Waals surface area (Å²) in [5.74, 6) is -0.455. The van der Waals surface area contributed by atoms with E-state index in [4.69, 9.17) is 23.0 Å². The van der Waals surface area contributed by atoms with Crippen LogP contribution < -0.4 is 60.6 Å². The van der Waals surface area contributed by atoms with Crippen molar-refractivity contribution in [1.29, 1.82) is 0 Å². The van der Waals surface area contributed by atoms with Gasteiger partial charge in [-0.15, -0.1) is 0 Å². The van der Waals surface area contributed by atoms with Crippen molar-refractivity contribution in [3.05, 3.63) is 0 Å². The highest BCUT2D eigenvalue weighted by molar-refractivity contribution is 6.40. The second kappa shape index (κ2) is 20.6. The van der Waals surface area contributed by atoms with E-state index in [1.165, 1.54) is 0 Å². The fourth-order valence-corrected chi connectivity index (χ4v) is 3.04. The van der Waals surface area contributed by atoms with E-state index in [2.05, 4.69) is 37.5 Å². The number of hydrazine groups is 2. The Labute approximate surface area is 232 Å². The minimum Gasteiger partial charge on any atom is -0.347 e. The number of nitrogens with two attached hydrogens (primary N) is 4. The normalized spacial score (nSPS) is 12.5. The smallest absolute Gasteiger partial charge is 0.237 e. The molecule has 228 valence electrons. The molecule has 0 aromatic heterocycles. The van der Waals surface area contributed by atoms with Gasteiger partial charge in [-0.3, -0.25) is 50.1 Å². The van der Waals surface area contributed by atoms with Crippen LogP contribution in [0.5, 0.6) is 0 Å². The molecule has 18 heteroatoms. The number of hydrogen-bond acceptors (Lipinski definition) is 15. The molecule has 0 rings (SSSR count). The van der Waals surface area contributed by atoms with Crippen molar-refractivity contribution in [2.45, 2.75) is 51.5 Å². The Hall–Kier alpha value is -3.23. The maximum absolute atomic E-state index is 12.7. The van der Waals surface area contributed by atoms with Crippen molar-refractivity contribution < 1.29 is 33.6 Å². The van der Waals surface area contributed by atoms with Gasteiger partial charge in [0.15, 0.2) is 0 Å². The van der Waals surface area contributed by atoms with Gasteiger partial charge in [0.1, 0.15) is 6.29 Å². The molecule has 0 aliphatic carbocycles. The van der Waals surface area contributed by atoms with E-state index >= 15 is 0 Å². The molecular formula is C22H43N11O7. The van der Waals surface area contributed by atoms with E-state index in [9.17, 15) is 33.6 Å². The third-order valence-electron chi connectivity index (χ3n) is 5.11. The van der Waals surface area contributed by atoms with Crippen LogP contribution in [0.1, 0.15) is 33.1 Å². The maximum atomic E-state index is 12.7. The van der Waals surface area contributed by atoms with E-state index in [0.717, 1.165) is 0 Å². The van der Waals surface area contributed by atoms with E-state index in [1.54, 1.807) is 0 Å². The lowest BCUT2D eigenvalue weighted by Gasteiger charge is -2.21. The molecule has 0 aromatic rings. The first-order valence-corrected chi connectivity index (χ1v) is 12.6. The van der Waals surface area contributed by atoms with Gasteiger partial charge in [-0.25, -0.2) is 10.9 Å². The van der Waals surface area contributed by atoms with Gasteiger partial charge in [-0.2, -0.15) is 0 Å². The lowest BCUT2D eigenvalue weighted by atomic mass is 9.97. The quantitative estimate of drug-likeness (QED) is 0.0178. The number of nitrogens with one attached hydrogen (secondary N) is 7. The topological polar surface area (TPSA) is 308 Å². The number of rotatable bonds is 23. The summed E-state index contributed by atoms with van der Waals surface area (Å²) < 4.78 is 0. The maximum Gasteiger partial charge on any atom is 0.237 e. The van der Waals surface area contributed by atoms with Crippen molar-refractivity contribution in [2.24, 2.45) is 29.0 Å². The van der Waals surface area contributed by atoms with Crippen LogP contribution in [0.15, 0.2) is 0 Å². The Morgan fingerprint density at radius 1 is 0.725 bits per heavy atom. The summed E-state index contributed by atoms with van der Waals surface area (Å²) in [6.45, 7) is 1.85.